The number of hydrogen-bond donors (Lipinski definition) is 1. The first-order valence-corrected chi connectivity index (χ1v) is 11.1. The van der Waals surface area contributed by atoms with Crippen molar-refractivity contribution in [3.05, 3.63) is 65.0 Å². The van der Waals surface area contributed by atoms with Crippen LogP contribution in [-0.4, -0.2) is 45.0 Å². The molecular weight excluding hydrogens is 408 g/mol. The van der Waals surface area contributed by atoms with Crippen LogP contribution in [0.1, 0.15) is 12.0 Å². The largest absolute Gasteiger partial charge is 0.497 e. The number of benzene rings is 1. The van der Waals surface area contributed by atoms with Crippen LogP contribution in [0.4, 0.5) is 5.82 Å². The van der Waals surface area contributed by atoms with Gasteiger partial charge in [0, 0.05) is 46.7 Å². The van der Waals surface area contributed by atoms with Crippen LogP contribution < -0.4 is 9.64 Å². The number of rotatable bonds is 4. The van der Waals surface area contributed by atoms with E-state index in [4.69, 9.17) is 9.84 Å². The zero-order valence-corrected chi connectivity index (χ0v) is 17.8. The summed E-state index contributed by atoms with van der Waals surface area (Å²) in [4.78, 5) is 5.67. The Hall–Kier alpha value is -3.65. The number of fused-ring (bicyclic) bond motifs is 2. The van der Waals surface area contributed by atoms with Crippen LogP contribution in [0.3, 0.4) is 0 Å². The zero-order valence-electron chi connectivity index (χ0n) is 16.9. The number of ether oxygens (including phenoxy) is 1. The Balaban J connectivity index is 1.30. The average molecular weight is 429 g/mol. The van der Waals surface area contributed by atoms with Crippen LogP contribution in [0.25, 0.3) is 33.5 Å². The quantitative estimate of drug-likeness (QED) is 0.452. The normalized spacial score (nSPS) is 14.4. The molecule has 0 unspecified atom stereocenters. The molecule has 1 aliphatic heterocycles. The Morgan fingerprint density at radius 1 is 1.13 bits per heavy atom. The second kappa shape index (κ2) is 7.24. The number of nitrogens with zero attached hydrogens (tertiary/aromatic N) is 5. The minimum Gasteiger partial charge on any atom is -0.497 e. The molecule has 5 aromatic rings. The minimum atomic E-state index is 0.755. The molecule has 4 aromatic heterocycles. The fourth-order valence-corrected chi connectivity index (χ4v) is 4.77. The van der Waals surface area contributed by atoms with E-state index in [1.54, 1.807) is 18.4 Å². The molecule has 0 atom stereocenters. The molecule has 31 heavy (non-hydrogen) atoms. The van der Waals surface area contributed by atoms with Crippen molar-refractivity contribution in [2.75, 3.05) is 25.1 Å². The summed E-state index contributed by atoms with van der Waals surface area (Å²) in [5.74, 6) is 2.58. The molecule has 0 bridgehead atoms. The maximum atomic E-state index is 5.41. The summed E-state index contributed by atoms with van der Waals surface area (Å²) >= 11 is 1.64. The van der Waals surface area contributed by atoms with Crippen molar-refractivity contribution in [1.29, 1.82) is 0 Å². The van der Waals surface area contributed by atoms with E-state index in [0.29, 0.717) is 0 Å². The lowest BCUT2D eigenvalue weighted by molar-refractivity contribution is 0.415. The molecule has 0 aliphatic carbocycles. The van der Waals surface area contributed by atoms with Gasteiger partial charge in [0.05, 0.1) is 7.11 Å². The fraction of sp³-hybridized carbons (Fsp3) is 0.174. The first-order chi connectivity index (χ1) is 15.3. The summed E-state index contributed by atoms with van der Waals surface area (Å²) in [7, 11) is 1.70. The zero-order chi connectivity index (χ0) is 20.8. The van der Waals surface area contributed by atoms with Crippen LogP contribution >= 0.6 is 11.3 Å². The Bertz CT molecular complexity index is 1410. The van der Waals surface area contributed by atoms with E-state index < -0.39 is 0 Å². The molecule has 0 spiro atoms. The van der Waals surface area contributed by atoms with Crippen LogP contribution in [0.5, 0.6) is 5.75 Å². The molecule has 0 amide bonds. The van der Waals surface area contributed by atoms with Crippen molar-refractivity contribution >= 4 is 39.3 Å². The van der Waals surface area contributed by atoms with E-state index >= 15 is 0 Å². The maximum Gasteiger partial charge on any atom is 0.186 e. The molecule has 5 heterocycles. The first-order valence-electron chi connectivity index (χ1n) is 10.1. The Kier molecular flexibility index (Phi) is 4.24. The van der Waals surface area contributed by atoms with Gasteiger partial charge in [-0.1, -0.05) is 6.08 Å². The first kappa shape index (κ1) is 18.1. The molecule has 0 saturated heterocycles. The molecule has 0 fully saturated rings. The van der Waals surface area contributed by atoms with Crippen molar-refractivity contribution in [3.63, 3.8) is 0 Å². The molecule has 8 heteroatoms. The van der Waals surface area contributed by atoms with Gasteiger partial charge in [-0.25, -0.2) is 0 Å². The number of nitrogens with one attached hydrogen (secondary N) is 1. The molecule has 6 rings (SSSR count). The van der Waals surface area contributed by atoms with Gasteiger partial charge in [-0.15, -0.1) is 15.3 Å². The van der Waals surface area contributed by atoms with Crippen LogP contribution in [0.2, 0.25) is 0 Å². The fourth-order valence-electron chi connectivity index (χ4n) is 4.13. The SMILES string of the molecule is COc1ccc2[nH]cc(C3=CCN(c4ccc5nnc(-c6ccsc6)n5n4)CC3)c2c1. The summed E-state index contributed by atoms with van der Waals surface area (Å²) in [5, 5.41) is 18.7. The van der Waals surface area contributed by atoms with Crippen molar-refractivity contribution in [1.82, 2.24) is 24.8 Å². The number of aromatic amines is 1. The maximum absolute atomic E-state index is 5.41. The molecule has 154 valence electrons. The summed E-state index contributed by atoms with van der Waals surface area (Å²) in [6.45, 7) is 1.71. The lowest BCUT2D eigenvalue weighted by Crippen LogP contribution is -2.29. The number of methoxy groups -OCH3 is 1. The highest BCUT2D eigenvalue weighted by Gasteiger charge is 2.19. The van der Waals surface area contributed by atoms with E-state index in [-0.39, 0.29) is 0 Å². The van der Waals surface area contributed by atoms with Crippen molar-refractivity contribution in [2.45, 2.75) is 6.42 Å². The van der Waals surface area contributed by atoms with Gasteiger partial charge in [-0.2, -0.15) is 15.9 Å². The highest BCUT2D eigenvalue weighted by Crippen LogP contribution is 2.32. The predicted octanol–water partition coefficient (Wildman–Crippen LogP) is 4.64. The summed E-state index contributed by atoms with van der Waals surface area (Å²) in [5.41, 5.74) is 5.51. The molecule has 0 radical (unpaired) electrons. The van der Waals surface area contributed by atoms with Crippen LogP contribution in [0, 0.1) is 0 Å². The van der Waals surface area contributed by atoms with Crippen molar-refractivity contribution in [3.8, 4) is 17.1 Å². The minimum absolute atomic E-state index is 0.755. The number of aromatic nitrogens is 5. The van der Waals surface area contributed by atoms with Gasteiger partial charge in [-0.3, -0.25) is 0 Å². The van der Waals surface area contributed by atoms with E-state index in [2.05, 4.69) is 49.9 Å². The summed E-state index contributed by atoms with van der Waals surface area (Å²) < 4.78 is 7.25. The lowest BCUT2D eigenvalue weighted by atomic mass is 9.99. The van der Waals surface area contributed by atoms with E-state index in [0.717, 1.165) is 53.6 Å². The third-order valence-electron chi connectivity index (χ3n) is 5.80. The van der Waals surface area contributed by atoms with Crippen LogP contribution in [-0.2, 0) is 0 Å². The molecular formula is C23H20N6OS. The van der Waals surface area contributed by atoms with E-state index in [9.17, 15) is 0 Å². The van der Waals surface area contributed by atoms with Gasteiger partial charge in [-0.05, 0) is 53.8 Å². The number of H-pyrrole nitrogens is 1. The third kappa shape index (κ3) is 3.07. The summed E-state index contributed by atoms with van der Waals surface area (Å²) in [6, 6.07) is 12.2. The molecule has 1 aromatic carbocycles. The predicted molar refractivity (Wildman–Crippen MR) is 124 cm³/mol. The molecule has 1 aliphatic rings. The third-order valence-corrected chi connectivity index (χ3v) is 6.48. The Morgan fingerprint density at radius 3 is 2.90 bits per heavy atom. The Labute approximate surface area is 182 Å². The van der Waals surface area contributed by atoms with Crippen molar-refractivity contribution < 1.29 is 4.74 Å². The van der Waals surface area contributed by atoms with E-state index in [1.165, 1.54) is 16.5 Å². The second-order valence-electron chi connectivity index (χ2n) is 7.54. The monoisotopic (exact) mass is 428 g/mol. The smallest absolute Gasteiger partial charge is 0.186 e. The standard InChI is InChI=1S/C23H20N6OS/c1-30-17-2-3-20-18(12-17)19(13-24-20)15-6-9-28(10-7-15)22-5-4-21-25-26-23(29(21)27-22)16-8-11-31-14-16/h2-6,8,11-14,24H,7,9-10H2,1H3. The Morgan fingerprint density at radius 2 is 2.10 bits per heavy atom. The van der Waals surface area contributed by atoms with Gasteiger partial charge in [0.1, 0.15) is 11.6 Å². The lowest BCUT2D eigenvalue weighted by Gasteiger charge is -2.27. The van der Waals surface area contributed by atoms with Gasteiger partial charge in [0.25, 0.3) is 0 Å². The number of thiophene rings is 1. The second-order valence-corrected chi connectivity index (χ2v) is 8.32. The highest BCUT2D eigenvalue weighted by molar-refractivity contribution is 7.08. The topological polar surface area (TPSA) is 71.3 Å². The molecule has 7 nitrogen and oxygen atoms in total. The van der Waals surface area contributed by atoms with Gasteiger partial charge >= 0.3 is 0 Å². The van der Waals surface area contributed by atoms with Crippen LogP contribution in [0.15, 0.2) is 59.4 Å². The summed E-state index contributed by atoms with van der Waals surface area (Å²) in [6.07, 6.45) is 5.34. The average Bonchev–Trinajstić information content (AvgIpc) is 3.57. The highest BCUT2D eigenvalue weighted by atomic mass is 32.1. The van der Waals surface area contributed by atoms with Gasteiger partial charge < -0.3 is 14.6 Å². The van der Waals surface area contributed by atoms with Gasteiger partial charge in [0.2, 0.25) is 0 Å². The van der Waals surface area contributed by atoms with E-state index in [1.807, 2.05) is 34.2 Å². The molecule has 1 N–H and O–H groups in total. The van der Waals surface area contributed by atoms with Gasteiger partial charge in [0.15, 0.2) is 11.5 Å². The number of hydrogen-bond acceptors (Lipinski definition) is 6. The number of anilines is 1. The molecule has 0 saturated carbocycles. The van der Waals surface area contributed by atoms with Crippen molar-refractivity contribution in [2.24, 2.45) is 0 Å².